The van der Waals surface area contributed by atoms with Gasteiger partial charge in [-0.25, -0.2) is 9.97 Å². The van der Waals surface area contributed by atoms with Gasteiger partial charge in [0.2, 0.25) is 0 Å². The van der Waals surface area contributed by atoms with Crippen LogP contribution in [-0.4, -0.2) is 16.6 Å². The number of hydrogen-bond donors (Lipinski definition) is 1. The number of nitrogens with two attached hydrogens (primary N) is 1. The predicted molar refractivity (Wildman–Crippen MR) is 51.2 cm³/mol. The highest BCUT2D eigenvalue weighted by atomic mass is 16.5. The van der Waals surface area contributed by atoms with E-state index in [0.29, 0.717) is 12.4 Å². The molecule has 0 fully saturated rings. The van der Waals surface area contributed by atoms with Crippen LogP contribution >= 0.6 is 0 Å². The maximum absolute atomic E-state index is 8.61. The van der Waals surface area contributed by atoms with Gasteiger partial charge in [0.15, 0.2) is 5.82 Å². The minimum absolute atomic E-state index is 0.198. The molecule has 0 amide bonds. The van der Waals surface area contributed by atoms with Gasteiger partial charge in [0.05, 0.1) is 6.20 Å². The van der Waals surface area contributed by atoms with Crippen LogP contribution in [0.25, 0.3) is 0 Å². The molecule has 0 aliphatic heterocycles. The molecular weight excluding hydrogens is 180 g/mol. The zero-order valence-corrected chi connectivity index (χ0v) is 8.19. The van der Waals surface area contributed by atoms with Crippen LogP contribution in [0, 0.1) is 11.3 Å². The Morgan fingerprint density at radius 1 is 1.71 bits per heavy atom. The fourth-order valence-corrected chi connectivity index (χ4v) is 1.02. The number of hydrogen-bond acceptors (Lipinski definition) is 5. The van der Waals surface area contributed by atoms with E-state index < -0.39 is 0 Å². The van der Waals surface area contributed by atoms with Gasteiger partial charge >= 0.3 is 0 Å². The lowest BCUT2D eigenvalue weighted by Gasteiger charge is -2.10. The zero-order valence-electron chi connectivity index (χ0n) is 8.19. The lowest BCUT2D eigenvalue weighted by molar-refractivity contribution is 0.0701. The highest BCUT2D eigenvalue weighted by Gasteiger charge is 2.10. The van der Waals surface area contributed by atoms with Crippen molar-refractivity contribution in [1.82, 2.24) is 9.97 Å². The first-order valence-corrected chi connectivity index (χ1v) is 4.33. The van der Waals surface area contributed by atoms with E-state index in [2.05, 4.69) is 9.97 Å². The predicted octanol–water partition coefficient (Wildman–Crippen LogP) is 1.03. The van der Waals surface area contributed by atoms with E-state index in [0.717, 1.165) is 0 Å². The van der Waals surface area contributed by atoms with Crippen molar-refractivity contribution >= 4 is 5.82 Å². The summed E-state index contributed by atoms with van der Waals surface area (Å²) in [7, 11) is 0. The van der Waals surface area contributed by atoms with Gasteiger partial charge in [-0.2, -0.15) is 5.26 Å². The Kier molecular flexibility index (Phi) is 3.37. The number of aromatic nitrogens is 2. The molecular formula is C9H12N4O. The van der Waals surface area contributed by atoms with Gasteiger partial charge < -0.3 is 10.5 Å². The molecule has 0 aliphatic carbocycles. The Balaban J connectivity index is 2.92. The summed E-state index contributed by atoms with van der Waals surface area (Å²) in [4.78, 5) is 7.97. The topological polar surface area (TPSA) is 84.8 Å². The van der Waals surface area contributed by atoms with Crippen LogP contribution in [0.15, 0.2) is 6.20 Å². The van der Waals surface area contributed by atoms with Crippen molar-refractivity contribution in [3.05, 3.63) is 17.6 Å². The second-order valence-corrected chi connectivity index (χ2v) is 2.74. The largest absolute Gasteiger partial charge is 0.382 e. The van der Waals surface area contributed by atoms with E-state index in [-0.39, 0.29) is 17.5 Å². The van der Waals surface area contributed by atoms with Crippen molar-refractivity contribution < 1.29 is 4.74 Å². The van der Waals surface area contributed by atoms with Crippen molar-refractivity contribution in [3.63, 3.8) is 0 Å². The SMILES string of the molecule is CCOC(C)c1ncc(C#N)c(N)n1. The van der Waals surface area contributed by atoms with Crippen LogP contribution in [-0.2, 0) is 4.74 Å². The number of nitrogens with zero attached hydrogens (tertiary/aromatic N) is 3. The fraction of sp³-hybridized carbons (Fsp3) is 0.444. The van der Waals surface area contributed by atoms with Gasteiger partial charge in [0.25, 0.3) is 0 Å². The summed E-state index contributed by atoms with van der Waals surface area (Å²) < 4.78 is 5.29. The second-order valence-electron chi connectivity index (χ2n) is 2.74. The van der Waals surface area contributed by atoms with E-state index in [1.807, 2.05) is 19.9 Å². The molecule has 74 valence electrons. The fourth-order valence-electron chi connectivity index (χ4n) is 1.02. The number of nitrogen functional groups attached to an aromatic ring is 1. The zero-order chi connectivity index (χ0) is 10.6. The van der Waals surface area contributed by atoms with E-state index in [1.165, 1.54) is 6.20 Å². The summed E-state index contributed by atoms with van der Waals surface area (Å²) in [5.74, 6) is 0.701. The van der Waals surface area contributed by atoms with Crippen LogP contribution in [0.5, 0.6) is 0 Å². The lowest BCUT2D eigenvalue weighted by Crippen LogP contribution is -2.08. The molecule has 1 heterocycles. The van der Waals surface area contributed by atoms with Gasteiger partial charge in [0, 0.05) is 6.61 Å². The standard InChI is InChI=1S/C9H12N4O/c1-3-14-6(2)9-12-5-7(4-10)8(11)13-9/h5-6H,3H2,1-2H3,(H2,11,12,13). The molecule has 2 N–H and O–H groups in total. The molecule has 0 saturated carbocycles. The Morgan fingerprint density at radius 3 is 2.93 bits per heavy atom. The first kappa shape index (κ1) is 10.4. The molecule has 14 heavy (non-hydrogen) atoms. The average molecular weight is 192 g/mol. The average Bonchev–Trinajstić information content (AvgIpc) is 2.18. The van der Waals surface area contributed by atoms with E-state index in [4.69, 9.17) is 15.7 Å². The first-order valence-electron chi connectivity index (χ1n) is 4.33. The third-order valence-electron chi connectivity index (χ3n) is 1.74. The molecule has 0 aliphatic rings. The Bertz CT molecular complexity index is 358. The Morgan fingerprint density at radius 2 is 2.43 bits per heavy atom. The van der Waals surface area contributed by atoms with Crippen molar-refractivity contribution in [1.29, 1.82) is 5.26 Å². The smallest absolute Gasteiger partial charge is 0.159 e. The third kappa shape index (κ3) is 2.18. The highest BCUT2D eigenvalue weighted by molar-refractivity contribution is 5.46. The summed E-state index contributed by atoms with van der Waals surface area (Å²) >= 11 is 0. The molecule has 1 atom stereocenters. The maximum atomic E-state index is 8.61. The van der Waals surface area contributed by atoms with E-state index >= 15 is 0 Å². The van der Waals surface area contributed by atoms with Crippen LogP contribution in [0.1, 0.15) is 31.3 Å². The summed E-state index contributed by atoms with van der Waals surface area (Å²) in [5, 5.41) is 8.61. The monoisotopic (exact) mass is 192 g/mol. The summed E-state index contributed by atoms with van der Waals surface area (Å²) in [6, 6.07) is 1.90. The molecule has 5 heteroatoms. The summed E-state index contributed by atoms with van der Waals surface area (Å²) in [5.41, 5.74) is 5.83. The van der Waals surface area contributed by atoms with E-state index in [1.54, 1.807) is 0 Å². The van der Waals surface area contributed by atoms with Crippen molar-refractivity contribution in [2.75, 3.05) is 12.3 Å². The van der Waals surface area contributed by atoms with Crippen molar-refractivity contribution in [2.24, 2.45) is 0 Å². The van der Waals surface area contributed by atoms with Crippen LogP contribution in [0.3, 0.4) is 0 Å². The molecule has 1 aromatic heterocycles. The molecule has 1 aromatic rings. The lowest BCUT2D eigenvalue weighted by atomic mass is 10.3. The highest BCUT2D eigenvalue weighted by Crippen LogP contribution is 2.14. The molecule has 1 rings (SSSR count). The number of anilines is 1. The number of rotatable bonds is 3. The molecule has 5 nitrogen and oxygen atoms in total. The van der Waals surface area contributed by atoms with Gasteiger partial charge in [0.1, 0.15) is 23.6 Å². The van der Waals surface area contributed by atoms with Gasteiger partial charge in [-0.1, -0.05) is 0 Å². The van der Waals surface area contributed by atoms with Gasteiger partial charge in [-0.15, -0.1) is 0 Å². The molecule has 0 saturated heterocycles. The van der Waals surface area contributed by atoms with E-state index in [9.17, 15) is 0 Å². The minimum Gasteiger partial charge on any atom is -0.382 e. The van der Waals surface area contributed by atoms with Gasteiger partial charge in [-0.3, -0.25) is 0 Å². The third-order valence-corrected chi connectivity index (χ3v) is 1.74. The van der Waals surface area contributed by atoms with Crippen LogP contribution in [0.2, 0.25) is 0 Å². The Labute approximate surface area is 82.5 Å². The quantitative estimate of drug-likeness (QED) is 0.773. The van der Waals surface area contributed by atoms with Crippen molar-refractivity contribution in [3.8, 4) is 6.07 Å². The molecule has 0 bridgehead atoms. The summed E-state index contributed by atoms with van der Waals surface area (Å²) in [6.45, 7) is 4.32. The van der Waals surface area contributed by atoms with Crippen LogP contribution < -0.4 is 5.73 Å². The molecule has 0 radical (unpaired) electrons. The number of nitriles is 1. The first-order chi connectivity index (χ1) is 6.69. The Hall–Kier alpha value is -1.67. The maximum Gasteiger partial charge on any atom is 0.159 e. The van der Waals surface area contributed by atoms with Crippen LogP contribution in [0.4, 0.5) is 5.82 Å². The second kappa shape index (κ2) is 4.53. The molecule has 0 spiro atoms. The molecule has 0 aromatic carbocycles. The van der Waals surface area contributed by atoms with Gasteiger partial charge in [-0.05, 0) is 13.8 Å². The van der Waals surface area contributed by atoms with Crippen molar-refractivity contribution in [2.45, 2.75) is 20.0 Å². The minimum atomic E-state index is -0.199. The molecule has 1 unspecified atom stereocenters. The normalized spacial score (nSPS) is 12.1. The summed E-state index contributed by atoms with van der Waals surface area (Å²) in [6.07, 6.45) is 1.21. The number of ether oxygens (including phenoxy) is 1.